The molecule has 1 atom stereocenters. The van der Waals surface area contributed by atoms with Crippen LogP contribution < -0.4 is 0 Å². The molecule has 2 heterocycles. The monoisotopic (exact) mass is 396 g/mol. The second-order valence-electron chi connectivity index (χ2n) is 5.78. The number of likely N-dealkylation sites (N-methyl/N-ethyl adjacent to an activating group) is 1. The molecule has 0 aliphatic carbocycles. The molecule has 2 aromatic rings. The molecule has 1 aromatic carbocycles. The smallest absolute Gasteiger partial charge is 0.263 e. The van der Waals surface area contributed by atoms with E-state index < -0.39 is 17.0 Å². The Hall–Kier alpha value is -1.93. The van der Waals surface area contributed by atoms with E-state index in [1.54, 1.807) is 15.9 Å². The van der Waals surface area contributed by atoms with Crippen molar-refractivity contribution in [2.75, 3.05) is 25.4 Å². The van der Waals surface area contributed by atoms with Crippen molar-refractivity contribution in [1.29, 1.82) is 0 Å². The zero-order chi connectivity index (χ0) is 18.7. The van der Waals surface area contributed by atoms with Crippen molar-refractivity contribution < 1.29 is 18.4 Å². The number of carbonyl (C=O) groups is 2. The van der Waals surface area contributed by atoms with Crippen LogP contribution in [0.4, 0.5) is 8.78 Å². The van der Waals surface area contributed by atoms with Crippen LogP contribution in [0.15, 0.2) is 35.7 Å². The highest BCUT2D eigenvalue weighted by molar-refractivity contribution is 8.00. The van der Waals surface area contributed by atoms with E-state index in [0.717, 1.165) is 6.07 Å². The predicted molar refractivity (Wildman–Crippen MR) is 99.2 cm³/mol. The molecule has 1 fully saturated rings. The van der Waals surface area contributed by atoms with E-state index >= 15 is 0 Å². The number of thioether (sulfide) groups is 1. The molecule has 1 saturated heterocycles. The fourth-order valence-corrected chi connectivity index (χ4v) is 4.77. The molecule has 26 heavy (non-hydrogen) atoms. The summed E-state index contributed by atoms with van der Waals surface area (Å²) in [6.07, 6.45) is 0. The minimum Gasteiger partial charge on any atom is -0.336 e. The summed E-state index contributed by atoms with van der Waals surface area (Å²) in [5, 5.41) is 1.34. The van der Waals surface area contributed by atoms with E-state index in [1.165, 1.54) is 35.2 Å². The van der Waals surface area contributed by atoms with Crippen LogP contribution in [0.1, 0.15) is 27.5 Å². The number of carbonyl (C=O) groups excluding carboxylic acids is 2. The molecule has 1 aliphatic heterocycles. The van der Waals surface area contributed by atoms with Gasteiger partial charge in [-0.3, -0.25) is 9.59 Å². The Labute approximate surface area is 158 Å². The molecule has 0 unspecified atom stereocenters. The van der Waals surface area contributed by atoms with Crippen molar-refractivity contribution in [2.24, 2.45) is 0 Å². The third-order valence-corrected chi connectivity index (χ3v) is 6.30. The second-order valence-corrected chi connectivity index (χ2v) is 7.79. The zero-order valence-corrected chi connectivity index (χ0v) is 15.8. The highest BCUT2D eigenvalue weighted by Gasteiger charge is 2.34. The molecule has 0 bridgehead atoms. The van der Waals surface area contributed by atoms with Crippen molar-refractivity contribution in [2.45, 2.75) is 12.3 Å². The Morgan fingerprint density at radius 1 is 1.35 bits per heavy atom. The number of rotatable bonds is 6. The number of benzene rings is 1. The van der Waals surface area contributed by atoms with Gasteiger partial charge in [-0.25, -0.2) is 8.78 Å². The quantitative estimate of drug-likeness (QED) is 0.747. The summed E-state index contributed by atoms with van der Waals surface area (Å²) in [4.78, 5) is 28.6. The largest absolute Gasteiger partial charge is 0.336 e. The maximum absolute atomic E-state index is 14.1. The summed E-state index contributed by atoms with van der Waals surface area (Å²) in [5.41, 5.74) is 0.287. The standard InChI is InChI=1S/C18H18F2N2O2S2/c1-2-21(17(24)15-4-3-9-25-15)7-8-22-16(23)11-26-18(22)13-6-5-12(19)10-14(13)20/h3-6,9-10,18H,2,7-8,11H2,1H3/t18-/m1/s1. The van der Waals surface area contributed by atoms with Crippen LogP contribution in [0.25, 0.3) is 0 Å². The van der Waals surface area contributed by atoms with Gasteiger partial charge in [0, 0.05) is 31.3 Å². The molecular weight excluding hydrogens is 378 g/mol. The molecular formula is C18H18F2N2O2S2. The molecule has 0 N–H and O–H groups in total. The third-order valence-electron chi connectivity index (χ3n) is 4.21. The first-order valence-corrected chi connectivity index (χ1v) is 10.1. The van der Waals surface area contributed by atoms with Crippen molar-refractivity contribution in [3.05, 3.63) is 57.8 Å². The fraction of sp³-hybridized carbons (Fsp3) is 0.333. The van der Waals surface area contributed by atoms with Crippen molar-refractivity contribution in [3.8, 4) is 0 Å². The van der Waals surface area contributed by atoms with Gasteiger partial charge in [-0.1, -0.05) is 12.1 Å². The van der Waals surface area contributed by atoms with Gasteiger partial charge in [0.05, 0.1) is 10.6 Å². The van der Waals surface area contributed by atoms with Crippen LogP contribution in [-0.4, -0.2) is 47.0 Å². The number of hydrogen-bond donors (Lipinski definition) is 0. The summed E-state index contributed by atoms with van der Waals surface area (Å²) in [5.74, 6) is -1.25. The first-order chi connectivity index (χ1) is 12.5. The SMILES string of the molecule is CCN(CCN1C(=O)CS[C@@H]1c1ccc(F)cc1F)C(=O)c1cccs1. The average molecular weight is 396 g/mol. The number of amides is 2. The van der Waals surface area contributed by atoms with Crippen LogP contribution in [0.5, 0.6) is 0 Å². The Balaban J connectivity index is 1.72. The normalized spacial score (nSPS) is 17.0. The van der Waals surface area contributed by atoms with E-state index in [1.807, 2.05) is 18.4 Å². The summed E-state index contributed by atoms with van der Waals surface area (Å²) in [6, 6.07) is 6.99. The van der Waals surface area contributed by atoms with Gasteiger partial charge in [-0.2, -0.15) is 0 Å². The minimum atomic E-state index is -0.663. The Morgan fingerprint density at radius 2 is 2.15 bits per heavy atom. The van der Waals surface area contributed by atoms with Gasteiger partial charge < -0.3 is 9.80 Å². The fourth-order valence-electron chi connectivity index (χ4n) is 2.84. The van der Waals surface area contributed by atoms with Crippen molar-refractivity contribution in [1.82, 2.24) is 9.80 Å². The van der Waals surface area contributed by atoms with Gasteiger partial charge >= 0.3 is 0 Å². The van der Waals surface area contributed by atoms with Crippen molar-refractivity contribution in [3.63, 3.8) is 0 Å². The molecule has 8 heteroatoms. The molecule has 2 amide bonds. The van der Waals surface area contributed by atoms with E-state index in [2.05, 4.69) is 0 Å². The summed E-state index contributed by atoms with van der Waals surface area (Å²) in [7, 11) is 0. The lowest BCUT2D eigenvalue weighted by atomic mass is 10.2. The van der Waals surface area contributed by atoms with Crippen molar-refractivity contribution >= 4 is 34.9 Å². The molecule has 4 nitrogen and oxygen atoms in total. The molecule has 0 radical (unpaired) electrons. The van der Waals surface area contributed by atoms with Gasteiger partial charge in [-0.15, -0.1) is 23.1 Å². The molecule has 0 saturated carbocycles. The molecule has 0 spiro atoms. The van der Waals surface area contributed by atoms with Gasteiger partial charge in [0.1, 0.15) is 17.0 Å². The maximum Gasteiger partial charge on any atom is 0.263 e. The third kappa shape index (κ3) is 3.91. The maximum atomic E-state index is 14.1. The van der Waals surface area contributed by atoms with Gasteiger partial charge in [0.2, 0.25) is 5.91 Å². The Kier molecular flexibility index (Phi) is 5.93. The minimum absolute atomic E-state index is 0.0775. The van der Waals surface area contributed by atoms with E-state index in [9.17, 15) is 18.4 Å². The highest BCUT2D eigenvalue weighted by Crippen LogP contribution is 2.39. The lowest BCUT2D eigenvalue weighted by molar-refractivity contribution is -0.128. The molecule has 1 aliphatic rings. The second kappa shape index (κ2) is 8.18. The number of thiophene rings is 1. The van der Waals surface area contributed by atoms with Gasteiger partial charge in [0.15, 0.2) is 0 Å². The first kappa shape index (κ1) is 18.8. The Morgan fingerprint density at radius 3 is 2.81 bits per heavy atom. The Bertz CT molecular complexity index is 798. The summed E-state index contributed by atoms with van der Waals surface area (Å²) < 4.78 is 27.3. The molecule has 3 rings (SSSR count). The van der Waals surface area contributed by atoms with Gasteiger partial charge in [0.25, 0.3) is 5.91 Å². The summed E-state index contributed by atoms with van der Waals surface area (Å²) >= 11 is 2.68. The highest BCUT2D eigenvalue weighted by atomic mass is 32.2. The number of halogens is 2. The van der Waals surface area contributed by atoms with Crippen LogP contribution in [0, 0.1) is 11.6 Å². The molecule has 138 valence electrons. The van der Waals surface area contributed by atoms with Crippen LogP contribution >= 0.6 is 23.1 Å². The van der Waals surface area contributed by atoms with E-state index in [4.69, 9.17) is 0 Å². The van der Waals surface area contributed by atoms with E-state index in [0.29, 0.717) is 24.5 Å². The average Bonchev–Trinajstić information content (AvgIpc) is 3.26. The zero-order valence-electron chi connectivity index (χ0n) is 14.2. The lowest BCUT2D eigenvalue weighted by Gasteiger charge is -2.28. The number of nitrogens with zero attached hydrogens (tertiary/aromatic N) is 2. The number of hydrogen-bond acceptors (Lipinski definition) is 4. The lowest BCUT2D eigenvalue weighted by Crippen LogP contribution is -2.40. The predicted octanol–water partition coefficient (Wildman–Crippen LogP) is 3.76. The van der Waals surface area contributed by atoms with Crippen LogP contribution in [0.2, 0.25) is 0 Å². The first-order valence-electron chi connectivity index (χ1n) is 8.20. The van der Waals surface area contributed by atoms with Crippen LogP contribution in [0.3, 0.4) is 0 Å². The van der Waals surface area contributed by atoms with Crippen LogP contribution in [-0.2, 0) is 4.79 Å². The summed E-state index contributed by atoms with van der Waals surface area (Å²) in [6.45, 7) is 3.06. The topological polar surface area (TPSA) is 40.6 Å². The van der Waals surface area contributed by atoms with Gasteiger partial charge in [-0.05, 0) is 24.4 Å². The van der Waals surface area contributed by atoms with E-state index in [-0.39, 0.29) is 23.1 Å². The molecule has 1 aromatic heterocycles.